The van der Waals surface area contributed by atoms with Crippen molar-refractivity contribution in [3.05, 3.63) is 102 Å². The van der Waals surface area contributed by atoms with Crippen LogP contribution >= 0.6 is 0 Å². The summed E-state index contributed by atoms with van der Waals surface area (Å²) in [4.78, 5) is 13.1. The van der Waals surface area contributed by atoms with Crippen LogP contribution in [0.15, 0.2) is 85.1 Å². The summed E-state index contributed by atoms with van der Waals surface area (Å²) in [6.07, 6.45) is 2.97. The molecule has 0 bridgehead atoms. The minimum atomic E-state index is 0.478. The van der Waals surface area contributed by atoms with Crippen LogP contribution in [0, 0.1) is 12.0 Å². The molecular weight excluding hydrogens is 344 g/mol. The molecule has 0 amide bonds. The van der Waals surface area contributed by atoms with Crippen LogP contribution in [0.5, 0.6) is 0 Å². The van der Waals surface area contributed by atoms with Gasteiger partial charge < -0.3 is 5.41 Å². The van der Waals surface area contributed by atoms with E-state index < -0.39 is 0 Å². The lowest BCUT2D eigenvalue weighted by Gasteiger charge is -2.11. The van der Waals surface area contributed by atoms with Crippen molar-refractivity contribution < 1.29 is 0 Å². The van der Waals surface area contributed by atoms with Gasteiger partial charge in [0.1, 0.15) is 0 Å². The Morgan fingerprint density at radius 3 is 2.04 bits per heavy atom. The molecule has 0 aliphatic carbocycles. The molecule has 0 saturated heterocycles. The molecule has 1 N–H and O–H groups in total. The molecule has 0 fully saturated rings. The van der Waals surface area contributed by atoms with Crippen molar-refractivity contribution >= 4 is 11.9 Å². The number of aromatic nitrogens is 2. The van der Waals surface area contributed by atoms with Crippen molar-refractivity contribution in [1.82, 2.24) is 9.97 Å². The largest absolute Gasteiger partial charge is 0.308 e. The van der Waals surface area contributed by atoms with E-state index in [4.69, 9.17) is 21.9 Å². The third kappa shape index (κ3) is 3.42. The van der Waals surface area contributed by atoms with Crippen molar-refractivity contribution in [1.29, 1.82) is 5.41 Å². The summed E-state index contributed by atoms with van der Waals surface area (Å²) >= 11 is 0. The molecule has 4 aromatic rings. The molecule has 0 saturated carbocycles. The van der Waals surface area contributed by atoms with E-state index in [9.17, 15) is 0 Å². The van der Waals surface area contributed by atoms with Gasteiger partial charge in [0.15, 0.2) is 5.69 Å². The molecule has 1 aromatic heterocycles. The molecule has 3 aromatic carbocycles. The Hall–Kier alpha value is -4.10. The zero-order chi connectivity index (χ0) is 19.3. The molecule has 4 nitrogen and oxygen atoms in total. The second kappa shape index (κ2) is 7.65. The monoisotopic (exact) mass is 360 g/mol. The molecule has 1 heterocycles. The van der Waals surface area contributed by atoms with Gasteiger partial charge in [-0.1, -0.05) is 60.7 Å². The Kier molecular flexibility index (Phi) is 4.73. The first-order chi connectivity index (χ1) is 13.8. The second-order valence-electron chi connectivity index (χ2n) is 6.25. The smallest absolute Gasteiger partial charge is 0.188 e. The van der Waals surface area contributed by atoms with E-state index in [2.05, 4.69) is 4.85 Å². The van der Waals surface area contributed by atoms with Crippen LogP contribution in [-0.4, -0.2) is 16.2 Å². The van der Waals surface area contributed by atoms with Crippen LogP contribution in [0.3, 0.4) is 0 Å². The van der Waals surface area contributed by atoms with Crippen molar-refractivity contribution in [2.75, 3.05) is 0 Å². The number of nitrogens with one attached hydrogen (secondary N) is 1. The van der Waals surface area contributed by atoms with Crippen LogP contribution in [0.25, 0.3) is 38.6 Å². The molecule has 0 unspecified atom stereocenters. The molecule has 132 valence electrons. The lowest BCUT2D eigenvalue weighted by molar-refractivity contribution is 1.21. The predicted molar refractivity (Wildman–Crippen MR) is 112 cm³/mol. The Labute approximate surface area is 163 Å². The van der Waals surface area contributed by atoms with Gasteiger partial charge in [0.25, 0.3) is 0 Å². The summed E-state index contributed by atoms with van der Waals surface area (Å²) < 4.78 is 0. The average molecular weight is 360 g/mol. The van der Waals surface area contributed by atoms with Gasteiger partial charge in [0.05, 0.1) is 29.9 Å². The van der Waals surface area contributed by atoms with Gasteiger partial charge >= 0.3 is 0 Å². The maximum Gasteiger partial charge on any atom is 0.188 e. The third-order valence-electron chi connectivity index (χ3n) is 4.40. The highest BCUT2D eigenvalue weighted by Gasteiger charge is 2.13. The number of benzene rings is 3. The van der Waals surface area contributed by atoms with Gasteiger partial charge in [-0.15, -0.1) is 0 Å². The second-order valence-corrected chi connectivity index (χ2v) is 6.25. The zero-order valence-electron chi connectivity index (χ0n) is 15.0. The van der Waals surface area contributed by atoms with Gasteiger partial charge in [0.2, 0.25) is 0 Å². The van der Waals surface area contributed by atoms with Gasteiger partial charge in [0, 0.05) is 17.3 Å². The summed E-state index contributed by atoms with van der Waals surface area (Å²) in [7, 11) is 0. The number of hydrogen-bond acceptors (Lipinski definition) is 3. The first kappa shape index (κ1) is 17.3. The number of nitrogens with zero attached hydrogens (tertiary/aromatic N) is 3. The molecule has 4 rings (SSSR count). The van der Waals surface area contributed by atoms with E-state index in [-0.39, 0.29) is 0 Å². The lowest BCUT2D eigenvalue weighted by Crippen LogP contribution is -1.96. The highest BCUT2D eigenvalue weighted by Crippen LogP contribution is 2.32. The zero-order valence-corrected chi connectivity index (χ0v) is 15.0. The summed E-state index contributed by atoms with van der Waals surface area (Å²) in [6.45, 7) is 7.31. The molecule has 4 heteroatoms. The van der Waals surface area contributed by atoms with Crippen molar-refractivity contribution in [3.8, 4) is 33.8 Å². The first-order valence-electron chi connectivity index (χ1n) is 8.80. The van der Waals surface area contributed by atoms with Crippen LogP contribution in [-0.2, 0) is 0 Å². The fraction of sp³-hybridized carbons (Fsp3) is 0. The maximum atomic E-state index is 7.53. The average Bonchev–Trinajstić information content (AvgIpc) is 2.79. The standard InChI is InChI=1S/C24H16N4/c1-26-21-13-17(15-25)12-20(14-21)22-16-27-23(18-8-4-2-5-9-18)24(28-22)19-10-6-3-7-11-19/h2-16,25H. The number of hydrogen-bond donors (Lipinski definition) is 1. The third-order valence-corrected chi connectivity index (χ3v) is 4.40. The van der Waals surface area contributed by atoms with Crippen LogP contribution < -0.4 is 0 Å². The van der Waals surface area contributed by atoms with E-state index >= 15 is 0 Å². The topological polar surface area (TPSA) is 54.0 Å². The summed E-state index contributed by atoms with van der Waals surface area (Å²) in [5, 5.41) is 7.53. The summed E-state index contributed by atoms with van der Waals surface area (Å²) in [5.41, 5.74) is 6.16. The lowest BCUT2D eigenvalue weighted by atomic mass is 10.0. The fourth-order valence-electron chi connectivity index (χ4n) is 3.06. The summed E-state index contributed by atoms with van der Waals surface area (Å²) in [6, 6.07) is 25.2. The molecule has 0 radical (unpaired) electrons. The molecule has 28 heavy (non-hydrogen) atoms. The molecular formula is C24H16N4. The molecule has 0 spiro atoms. The van der Waals surface area contributed by atoms with Gasteiger partial charge in [-0.05, 0) is 29.3 Å². The Balaban J connectivity index is 1.93. The number of rotatable bonds is 4. The van der Waals surface area contributed by atoms with E-state index in [1.54, 1.807) is 18.3 Å². The quantitative estimate of drug-likeness (QED) is 0.357. The van der Waals surface area contributed by atoms with Crippen molar-refractivity contribution in [3.63, 3.8) is 0 Å². The van der Waals surface area contributed by atoms with Gasteiger partial charge in [-0.3, -0.25) is 4.98 Å². The first-order valence-corrected chi connectivity index (χ1v) is 8.80. The molecule has 0 atom stereocenters. The van der Waals surface area contributed by atoms with Gasteiger partial charge in [-0.25, -0.2) is 9.83 Å². The van der Waals surface area contributed by atoms with Crippen LogP contribution in [0.2, 0.25) is 0 Å². The van der Waals surface area contributed by atoms with E-state index in [1.807, 2.05) is 66.7 Å². The van der Waals surface area contributed by atoms with E-state index in [0.29, 0.717) is 16.9 Å². The SMILES string of the molecule is [C-]#[N+]c1cc(C=N)cc(-c2cnc(-c3ccccc3)c(-c3ccccc3)n2)c1. The normalized spacial score (nSPS) is 10.2. The predicted octanol–water partition coefficient (Wildman–Crippen LogP) is 6.03. The fourth-order valence-corrected chi connectivity index (χ4v) is 3.06. The van der Waals surface area contributed by atoms with Crippen LogP contribution in [0.1, 0.15) is 5.56 Å². The Morgan fingerprint density at radius 2 is 1.43 bits per heavy atom. The maximum absolute atomic E-state index is 7.53. The molecule has 0 aliphatic rings. The highest BCUT2D eigenvalue weighted by molar-refractivity contribution is 5.84. The molecule has 0 aliphatic heterocycles. The minimum absolute atomic E-state index is 0.478. The van der Waals surface area contributed by atoms with Crippen molar-refractivity contribution in [2.45, 2.75) is 0 Å². The van der Waals surface area contributed by atoms with Crippen molar-refractivity contribution in [2.24, 2.45) is 0 Å². The highest BCUT2D eigenvalue weighted by atomic mass is 14.8. The minimum Gasteiger partial charge on any atom is -0.308 e. The van der Waals surface area contributed by atoms with E-state index in [0.717, 1.165) is 28.1 Å². The van der Waals surface area contributed by atoms with Crippen LogP contribution in [0.4, 0.5) is 5.69 Å². The Morgan fingerprint density at radius 1 is 0.786 bits per heavy atom. The Bertz CT molecular complexity index is 1180. The summed E-state index contributed by atoms with van der Waals surface area (Å²) in [5.74, 6) is 0. The van der Waals surface area contributed by atoms with E-state index in [1.165, 1.54) is 6.21 Å². The van der Waals surface area contributed by atoms with Gasteiger partial charge in [-0.2, -0.15) is 0 Å².